The zero-order valence-corrected chi connectivity index (χ0v) is 14.1. The third-order valence-corrected chi connectivity index (χ3v) is 5.60. The number of nitrogen functional groups attached to an aromatic ring is 1. The summed E-state index contributed by atoms with van der Waals surface area (Å²) in [6.07, 6.45) is 0. The maximum absolute atomic E-state index is 6.05. The van der Waals surface area contributed by atoms with E-state index < -0.39 is 0 Å². The number of hydrogen-bond acceptors (Lipinski definition) is 9. The SMILES string of the molecule is Nn1c(SCc2nc(-c3cccs3)no2)nnc1-c1cccs1. The number of nitrogens with zero attached hydrogens (tertiary/aromatic N) is 5. The molecule has 0 aliphatic carbocycles. The highest BCUT2D eigenvalue weighted by atomic mass is 32.2. The van der Waals surface area contributed by atoms with Crippen molar-refractivity contribution in [3.63, 3.8) is 0 Å². The van der Waals surface area contributed by atoms with Crippen molar-refractivity contribution >= 4 is 34.4 Å². The molecule has 2 N–H and O–H groups in total. The van der Waals surface area contributed by atoms with Crippen LogP contribution < -0.4 is 5.84 Å². The number of rotatable bonds is 5. The van der Waals surface area contributed by atoms with Crippen LogP contribution in [-0.2, 0) is 5.75 Å². The van der Waals surface area contributed by atoms with Gasteiger partial charge in [-0.1, -0.05) is 29.1 Å². The van der Waals surface area contributed by atoms with Gasteiger partial charge in [-0.15, -0.1) is 32.9 Å². The fourth-order valence-corrected chi connectivity index (χ4v) is 3.94. The van der Waals surface area contributed by atoms with Crippen LogP contribution in [0.25, 0.3) is 21.4 Å². The first-order chi connectivity index (χ1) is 11.3. The van der Waals surface area contributed by atoms with Gasteiger partial charge in [0.25, 0.3) is 0 Å². The first kappa shape index (κ1) is 14.4. The summed E-state index contributed by atoms with van der Waals surface area (Å²) >= 11 is 4.54. The van der Waals surface area contributed by atoms with Crippen LogP contribution in [0, 0.1) is 0 Å². The van der Waals surface area contributed by atoms with Crippen LogP contribution in [0.4, 0.5) is 0 Å². The molecule has 0 radical (unpaired) electrons. The van der Waals surface area contributed by atoms with Crippen LogP contribution in [-0.4, -0.2) is 25.0 Å². The minimum Gasteiger partial charge on any atom is -0.338 e. The molecule has 0 atom stereocenters. The molecule has 7 nitrogen and oxygen atoms in total. The number of aromatic nitrogens is 5. The highest BCUT2D eigenvalue weighted by Gasteiger charge is 2.15. The van der Waals surface area contributed by atoms with Gasteiger partial charge in [0.2, 0.25) is 16.9 Å². The largest absolute Gasteiger partial charge is 0.338 e. The average molecular weight is 362 g/mol. The van der Waals surface area contributed by atoms with Gasteiger partial charge in [0.15, 0.2) is 5.82 Å². The van der Waals surface area contributed by atoms with Crippen molar-refractivity contribution in [1.29, 1.82) is 0 Å². The fourth-order valence-electron chi connectivity index (χ4n) is 1.89. The van der Waals surface area contributed by atoms with Crippen molar-refractivity contribution in [2.24, 2.45) is 0 Å². The van der Waals surface area contributed by atoms with Crippen molar-refractivity contribution in [3.8, 4) is 21.4 Å². The van der Waals surface area contributed by atoms with E-state index in [9.17, 15) is 0 Å². The highest BCUT2D eigenvalue weighted by Crippen LogP contribution is 2.27. The molecule has 0 saturated heterocycles. The Morgan fingerprint density at radius 2 is 1.91 bits per heavy atom. The molecule has 0 fully saturated rings. The van der Waals surface area contributed by atoms with E-state index in [0.717, 1.165) is 9.75 Å². The molecule has 0 aliphatic heterocycles. The summed E-state index contributed by atoms with van der Waals surface area (Å²) in [5.74, 6) is 8.31. The van der Waals surface area contributed by atoms with Crippen molar-refractivity contribution in [2.45, 2.75) is 10.9 Å². The summed E-state index contributed by atoms with van der Waals surface area (Å²) in [4.78, 5) is 6.32. The smallest absolute Gasteiger partial charge is 0.237 e. The summed E-state index contributed by atoms with van der Waals surface area (Å²) in [5, 5.41) is 16.8. The van der Waals surface area contributed by atoms with Crippen LogP contribution >= 0.6 is 34.4 Å². The van der Waals surface area contributed by atoms with Crippen molar-refractivity contribution in [1.82, 2.24) is 25.0 Å². The summed E-state index contributed by atoms with van der Waals surface area (Å²) in [6, 6.07) is 7.81. The molecule has 0 aromatic carbocycles. The lowest BCUT2D eigenvalue weighted by Gasteiger charge is -2.00. The molecule has 4 heterocycles. The molecule has 4 aromatic rings. The number of nitrogens with two attached hydrogens (primary N) is 1. The minimum absolute atomic E-state index is 0.484. The van der Waals surface area contributed by atoms with E-state index in [1.807, 2.05) is 35.0 Å². The molecule has 0 spiro atoms. The molecule has 23 heavy (non-hydrogen) atoms. The molecule has 0 saturated carbocycles. The van der Waals surface area contributed by atoms with Gasteiger partial charge in [0.05, 0.1) is 15.5 Å². The van der Waals surface area contributed by atoms with Gasteiger partial charge >= 0.3 is 0 Å². The molecule has 0 amide bonds. The Hall–Kier alpha value is -2.17. The van der Waals surface area contributed by atoms with E-state index in [1.54, 1.807) is 22.7 Å². The molecule has 10 heteroatoms. The molecule has 0 bridgehead atoms. The van der Waals surface area contributed by atoms with Crippen LogP contribution in [0.1, 0.15) is 5.89 Å². The topological polar surface area (TPSA) is 95.7 Å². The molecular weight excluding hydrogens is 352 g/mol. The Labute approximate surface area is 143 Å². The van der Waals surface area contributed by atoms with E-state index in [-0.39, 0.29) is 0 Å². The second-order valence-electron chi connectivity index (χ2n) is 4.43. The quantitative estimate of drug-likeness (QED) is 0.430. The second kappa shape index (κ2) is 6.14. The lowest BCUT2D eigenvalue weighted by atomic mass is 10.4. The van der Waals surface area contributed by atoms with Gasteiger partial charge in [0, 0.05) is 0 Å². The van der Waals surface area contributed by atoms with Crippen LogP contribution in [0.5, 0.6) is 0 Å². The van der Waals surface area contributed by atoms with E-state index in [1.165, 1.54) is 16.4 Å². The molecule has 4 rings (SSSR count). The van der Waals surface area contributed by atoms with Gasteiger partial charge in [-0.2, -0.15) is 4.98 Å². The second-order valence-corrected chi connectivity index (χ2v) is 7.27. The van der Waals surface area contributed by atoms with E-state index in [0.29, 0.717) is 28.4 Å². The van der Waals surface area contributed by atoms with Crippen molar-refractivity contribution < 1.29 is 4.52 Å². The molecule has 0 unspecified atom stereocenters. The average Bonchev–Trinajstić information content (AvgIpc) is 3.33. The number of hydrogen-bond donors (Lipinski definition) is 1. The van der Waals surface area contributed by atoms with E-state index in [2.05, 4.69) is 20.3 Å². The van der Waals surface area contributed by atoms with Crippen LogP contribution in [0.3, 0.4) is 0 Å². The minimum atomic E-state index is 0.484. The monoisotopic (exact) mass is 362 g/mol. The molecular formula is C13H10N6OS3. The Balaban J connectivity index is 1.48. The van der Waals surface area contributed by atoms with Gasteiger partial charge in [-0.25, -0.2) is 4.68 Å². The fraction of sp³-hybridized carbons (Fsp3) is 0.0769. The standard InChI is InChI=1S/C13H10N6OS3/c14-19-12(9-4-2-6-22-9)16-17-13(19)23-7-10-15-11(18-20-10)8-3-1-5-21-8/h1-6H,7,14H2. The Morgan fingerprint density at radius 3 is 2.65 bits per heavy atom. The lowest BCUT2D eigenvalue weighted by molar-refractivity contribution is 0.391. The van der Waals surface area contributed by atoms with Crippen LogP contribution in [0.15, 0.2) is 44.7 Å². The van der Waals surface area contributed by atoms with Gasteiger partial charge in [-0.3, -0.25) is 0 Å². The Kier molecular flexibility index (Phi) is 3.85. The Bertz CT molecular complexity index is 896. The molecule has 4 aromatic heterocycles. The van der Waals surface area contributed by atoms with E-state index in [4.69, 9.17) is 10.4 Å². The Morgan fingerprint density at radius 1 is 1.13 bits per heavy atom. The third-order valence-electron chi connectivity index (χ3n) is 2.94. The first-order valence-electron chi connectivity index (χ1n) is 6.55. The maximum Gasteiger partial charge on any atom is 0.237 e. The maximum atomic E-state index is 6.05. The van der Waals surface area contributed by atoms with Gasteiger partial charge in [-0.05, 0) is 22.9 Å². The van der Waals surface area contributed by atoms with Crippen LogP contribution in [0.2, 0.25) is 0 Å². The van der Waals surface area contributed by atoms with Gasteiger partial charge in [0.1, 0.15) is 0 Å². The highest BCUT2D eigenvalue weighted by molar-refractivity contribution is 7.98. The zero-order valence-electron chi connectivity index (χ0n) is 11.6. The predicted molar refractivity (Wildman–Crippen MR) is 90.7 cm³/mol. The number of thioether (sulfide) groups is 1. The molecule has 116 valence electrons. The normalized spacial score (nSPS) is 11.1. The summed E-state index contributed by atoms with van der Waals surface area (Å²) in [6.45, 7) is 0. The third kappa shape index (κ3) is 2.87. The number of thiophene rings is 2. The van der Waals surface area contributed by atoms with Crippen molar-refractivity contribution in [2.75, 3.05) is 5.84 Å². The lowest BCUT2D eigenvalue weighted by Crippen LogP contribution is -2.11. The predicted octanol–water partition coefficient (Wildman–Crippen LogP) is 3.12. The summed E-state index contributed by atoms with van der Waals surface area (Å²) in [7, 11) is 0. The van der Waals surface area contributed by atoms with Crippen molar-refractivity contribution in [3.05, 3.63) is 40.9 Å². The zero-order chi connectivity index (χ0) is 15.6. The van der Waals surface area contributed by atoms with E-state index >= 15 is 0 Å². The van der Waals surface area contributed by atoms with Gasteiger partial charge < -0.3 is 10.4 Å². The summed E-state index contributed by atoms with van der Waals surface area (Å²) in [5.41, 5.74) is 0. The molecule has 0 aliphatic rings. The summed E-state index contributed by atoms with van der Waals surface area (Å²) < 4.78 is 6.74. The first-order valence-corrected chi connectivity index (χ1v) is 9.29.